The van der Waals surface area contributed by atoms with Gasteiger partial charge in [-0.25, -0.2) is 9.89 Å². The highest BCUT2D eigenvalue weighted by Crippen LogP contribution is 2.36. The summed E-state index contributed by atoms with van der Waals surface area (Å²) in [4.78, 5) is 11.7. The number of rotatable bonds is 4. The molecule has 0 saturated heterocycles. The Kier molecular flexibility index (Phi) is 4.13. The van der Waals surface area contributed by atoms with E-state index in [1.54, 1.807) is 16.3 Å². The second-order valence-electron chi connectivity index (χ2n) is 4.86. The Morgan fingerprint density at radius 1 is 1.38 bits per heavy atom. The molecular formula is C15H15N3O2S. The zero-order valence-corrected chi connectivity index (χ0v) is 12.2. The highest BCUT2D eigenvalue weighted by atomic mass is 32.2. The highest BCUT2D eigenvalue weighted by Gasteiger charge is 2.28. The molecule has 2 aromatic rings. The van der Waals surface area contributed by atoms with Crippen LogP contribution < -0.4 is 5.69 Å². The molecule has 1 saturated carbocycles. The maximum atomic E-state index is 11.7. The van der Waals surface area contributed by atoms with E-state index in [0.29, 0.717) is 6.04 Å². The molecule has 21 heavy (non-hydrogen) atoms. The van der Waals surface area contributed by atoms with Gasteiger partial charge >= 0.3 is 5.69 Å². The fourth-order valence-electron chi connectivity index (χ4n) is 2.02. The second kappa shape index (κ2) is 6.20. The van der Waals surface area contributed by atoms with Gasteiger partial charge in [0.15, 0.2) is 5.16 Å². The van der Waals surface area contributed by atoms with Gasteiger partial charge in [-0.1, -0.05) is 35.7 Å². The topological polar surface area (TPSA) is 70.9 Å². The summed E-state index contributed by atoms with van der Waals surface area (Å²) in [5.41, 5.74) is 1.91. The molecule has 0 radical (unpaired) electrons. The van der Waals surface area contributed by atoms with Crippen LogP contribution in [0, 0.1) is 11.8 Å². The minimum absolute atomic E-state index is 0.116. The van der Waals surface area contributed by atoms with E-state index >= 15 is 0 Å². The van der Waals surface area contributed by atoms with E-state index in [0.717, 1.165) is 34.9 Å². The Morgan fingerprint density at radius 2 is 2.14 bits per heavy atom. The van der Waals surface area contributed by atoms with Crippen molar-refractivity contribution in [3.8, 4) is 11.8 Å². The molecule has 108 valence electrons. The third-order valence-electron chi connectivity index (χ3n) is 3.22. The third kappa shape index (κ3) is 3.38. The van der Waals surface area contributed by atoms with Crippen LogP contribution in [0.5, 0.6) is 0 Å². The van der Waals surface area contributed by atoms with Crippen molar-refractivity contribution in [2.45, 2.75) is 29.8 Å². The Hall–Kier alpha value is -1.97. The van der Waals surface area contributed by atoms with E-state index in [1.807, 2.05) is 24.3 Å². The van der Waals surface area contributed by atoms with Gasteiger partial charge in [0.2, 0.25) is 0 Å². The molecule has 1 aromatic carbocycles. The van der Waals surface area contributed by atoms with Crippen molar-refractivity contribution in [3.05, 3.63) is 45.9 Å². The minimum Gasteiger partial charge on any atom is -0.384 e. The number of nitrogens with zero attached hydrogens (tertiary/aromatic N) is 2. The molecule has 0 atom stereocenters. The van der Waals surface area contributed by atoms with Crippen molar-refractivity contribution >= 4 is 11.8 Å². The maximum Gasteiger partial charge on any atom is 0.344 e. The van der Waals surface area contributed by atoms with E-state index < -0.39 is 0 Å². The summed E-state index contributed by atoms with van der Waals surface area (Å²) >= 11 is 1.56. The molecule has 0 bridgehead atoms. The lowest BCUT2D eigenvalue weighted by Crippen LogP contribution is -2.16. The van der Waals surface area contributed by atoms with Gasteiger partial charge in [-0.05, 0) is 30.5 Å². The first-order valence-corrected chi connectivity index (χ1v) is 7.75. The number of nitrogens with one attached hydrogen (secondary N) is 1. The van der Waals surface area contributed by atoms with Gasteiger partial charge in [-0.3, -0.25) is 4.57 Å². The summed E-state index contributed by atoms with van der Waals surface area (Å²) in [6.45, 7) is -0.130. The lowest BCUT2D eigenvalue weighted by atomic mass is 10.1. The van der Waals surface area contributed by atoms with Crippen molar-refractivity contribution in [2.75, 3.05) is 6.61 Å². The zero-order valence-electron chi connectivity index (χ0n) is 11.4. The van der Waals surface area contributed by atoms with E-state index in [1.165, 1.54) is 0 Å². The predicted molar refractivity (Wildman–Crippen MR) is 81.1 cm³/mol. The van der Waals surface area contributed by atoms with Crippen LogP contribution in [0.3, 0.4) is 0 Å². The number of H-pyrrole nitrogens is 1. The maximum absolute atomic E-state index is 11.7. The van der Waals surface area contributed by atoms with E-state index in [-0.39, 0.29) is 12.3 Å². The van der Waals surface area contributed by atoms with E-state index in [2.05, 4.69) is 22.0 Å². The van der Waals surface area contributed by atoms with Crippen molar-refractivity contribution in [2.24, 2.45) is 0 Å². The lowest BCUT2D eigenvalue weighted by Gasteiger charge is -2.03. The number of thioether (sulfide) groups is 1. The summed E-state index contributed by atoms with van der Waals surface area (Å²) < 4.78 is 1.76. The van der Waals surface area contributed by atoms with Crippen LogP contribution in [0.25, 0.3) is 0 Å². The Bertz CT molecular complexity index is 733. The van der Waals surface area contributed by atoms with Gasteiger partial charge in [-0.2, -0.15) is 0 Å². The largest absolute Gasteiger partial charge is 0.384 e. The number of hydrogen-bond acceptors (Lipinski definition) is 4. The number of benzene rings is 1. The quantitative estimate of drug-likeness (QED) is 0.664. The van der Waals surface area contributed by atoms with Crippen LogP contribution in [0.15, 0.2) is 34.2 Å². The van der Waals surface area contributed by atoms with Gasteiger partial charge in [0, 0.05) is 17.4 Å². The smallest absolute Gasteiger partial charge is 0.344 e. The summed E-state index contributed by atoms with van der Waals surface area (Å²) in [6, 6.07) is 8.19. The third-order valence-corrected chi connectivity index (χ3v) is 4.24. The first-order valence-electron chi connectivity index (χ1n) is 6.76. The summed E-state index contributed by atoms with van der Waals surface area (Å²) in [5.74, 6) is 6.24. The lowest BCUT2D eigenvalue weighted by molar-refractivity contribution is 0.350. The van der Waals surface area contributed by atoms with Gasteiger partial charge in [0.25, 0.3) is 0 Å². The Morgan fingerprint density at radius 3 is 2.81 bits per heavy atom. The fourth-order valence-corrected chi connectivity index (χ4v) is 2.99. The van der Waals surface area contributed by atoms with E-state index in [4.69, 9.17) is 5.11 Å². The molecule has 1 fully saturated rings. The van der Waals surface area contributed by atoms with Crippen molar-refractivity contribution in [1.29, 1.82) is 0 Å². The number of aliphatic hydroxyl groups excluding tert-OH is 1. The molecule has 0 unspecified atom stereocenters. The first kappa shape index (κ1) is 14.0. The molecule has 0 spiro atoms. The summed E-state index contributed by atoms with van der Waals surface area (Å²) in [5, 5.41) is 16.0. The molecule has 1 heterocycles. The van der Waals surface area contributed by atoms with Gasteiger partial charge < -0.3 is 5.11 Å². The predicted octanol–water partition coefficient (Wildman–Crippen LogP) is 1.54. The molecule has 0 aliphatic heterocycles. The number of aromatic amines is 1. The molecule has 0 amide bonds. The molecule has 1 aliphatic carbocycles. The van der Waals surface area contributed by atoms with Gasteiger partial charge in [0.05, 0.1) is 0 Å². The Balaban J connectivity index is 1.66. The van der Waals surface area contributed by atoms with E-state index in [9.17, 15) is 4.79 Å². The van der Waals surface area contributed by atoms with Crippen LogP contribution >= 0.6 is 11.8 Å². The molecule has 1 aliphatic rings. The van der Waals surface area contributed by atoms with Crippen LogP contribution in [-0.2, 0) is 5.75 Å². The number of aliphatic hydroxyl groups is 1. The van der Waals surface area contributed by atoms with Crippen LogP contribution in [0.1, 0.15) is 30.0 Å². The zero-order chi connectivity index (χ0) is 14.7. The number of aromatic nitrogens is 3. The van der Waals surface area contributed by atoms with Crippen LogP contribution in [0.4, 0.5) is 0 Å². The molecular weight excluding hydrogens is 286 g/mol. The molecule has 5 nitrogen and oxygen atoms in total. The molecule has 1 aromatic heterocycles. The van der Waals surface area contributed by atoms with Crippen molar-refractivity contribution in [1.82, 2.24) is 14.8 Å². The first-order chi connectivity index (χ1) is 10.3. The molecule has 3 rings (SSSR count). The summed E-state index contributed by atoms with van der Waals surface area (Å²) in [6.07, 6.45) is 2.12. The molecule has 6 heteroatoms. The Labute approximate surface area is 126 Å². The highest BCUT2D eigenvalue weighted by molar-refractivity contribution is 7.98. The average molecular weight is 301 g/mol. The van der Waals surface area contributed by atoms with Crippen LogP contribution in [-0.4, -0.2) is 26.5 Å². The average Bonchev–Trinajstić information content (AvgIpc) is 3.27. The van der Waals surface area contributed by atoms with Gasteiger partial charge in [0.1, 0.15) is 6.61 Å². The standard InChI is InChI=1S/C15H15N3O2S/c19-9-1-2-11-3-5-12(6-4-11)10-21-15-17-16-14(20)18(15)13-7-8-13/h3-6,13,19H,7-10H2,(H,16,20). The van der Waals surface area contributed by atoms with Crippen molar-refractivity contribution in [3.63, 3.8) is 0 Å². The molecule has 2 N–H and O–H groups in total. The fraction of sp³-hybridized carbons (Fsp3) is 0.333. The minimum atomic E-state index is -0.130. The number of hydrogen-bond donors (Lipinski definition) is 2. The van der Waals surface area contributed by atoms with Crippen molar-refractivity contribution < 1.29 is 5.11 Å². The summed E-state index contributed by atoms with van der Waals surface area (Å²) in [7, 11) is 0. The van der Waals surface area contributed by atoms with Gasteiger partial charge in [-0.15, -0.1) is 5.10 Å². The monoisotopic (exact) mass is 301 g/mol. The van der Waals surface area contributed by atoms with Crippen LogP contribution in [0.2, 0.25) is 0 Å². The second-order valence-corrected chi connectivity index (χ2v) is 5.80. The normalized spacial score (nSPS) is 13.8. The SMILES string of the molecule is O=c1[nH]nc(SCc2ccc(C#CCO)cc2)n1C1CC1.